The number of hydrogen-bond acceptors (Lipinski definition) is 3. The molecule has 1 aliphatic rings. The van der Waals surface area contributed by atoms with Gasteiger partial charge in [0, 0.05) is 12.1 Å². The summed E-state index contributed by atoms with van der Waals surface area (Å²) in [5, 5.41) is 10.8. The number of nitrogens with two attached hydrogens (primary N) is 1. The van der Waals surface area contributed by atoms with Crippen molar-refractivity contribution in [2.45, 2.75) is 25.3 Å². The molecule has 0 bridgehead atoms. The van der Waals surface area contributed by atoms with Crippen molar-refractivity contribution in [2.75, 3.05) is 0 Å². The van der Waals surface area contributed by atoms with Gasteiger partial charge in [-0.05, 0) is 46.3 Å². The van der Waals surface area contributed by atoms with Crippen LogP contribution in [-0.2, 0) is 0 Å². The number of nitrogens with zero attached hydrogens (tertiary/aromatic N) is 1. The molecule has 2 rings (SSSR count). The average Bonchev–Trinajstić information content (AvgIpc) is 2.15. The van der Waals surface area contributed by atoms with Crippen molar-refractivity contribution in [3.63, 3.8) is 0 Å². The maximum atomic E-state index is 10.8. The van der Waals surface area contributed by atoms with E-state index in [1.54, 1.807) is 12.1 Å². The van der Waals surface area contributed by atoms with E-state index in [0.717, 1.165) is 18.4 Å². The van der Waals surface area contributed by atoms with Crippen LogP contribution in [0.25, 0.3) is 0 Å². The molecule has 0 aromatic heterocycles. The lowest BCUT2D eigenvalue weighted by molar-refractivity contribution is -0.385. The maximum absolute atomic E-state index is 10.8. The van der Waals surface area contributed by atoms with E-state index < -0.39 is 0 Å². The predicted octanol–water partition coefficient (Wildman–Crippen LogP) is 3.58. The van der Waals surface area contributed by atoms with Crippen LogP contribution >= 0.6 is 28.3 Å². The molecule has 1 aliphatic carbocycles. The molecule has 1 aromatic rings. The summed E-state index contributed by atoms with van der Waals surface area (Å²) in [5.41, 5.74) is 7.03. The van der Waals surface area contributed by atoms with Crippen LogP contribution < -0.4 is 5.73 Å². The highest BCUT2D eigenvalue weighted by Gasteiger charge is 2.26. The summed E-state index contributed by atoms with van der Waals surface area (Å²) in [5.74, 6) is 0.487. The SMILES string of the molecule is Cl.N[C@@H](c1ccc(Br)c([N+](=O)[O-])c1)C1CCC1. The van der Waals surface area contributed by atoms with E-state index in [0.29, 0.717) is 10.4 Å². The van der Waals surface area contributed by atoms with Gasteiger partial charge in [0.25, 0.3) is 5.69 Å². The minimum atomic E-state index is -0.388. The number of nitro benzene ring substituents is 1. The summed E-state index contributed by atoms with van der Waals surface area (Å²) in [6.07, 6.45) is 3.48. The molecule has 1 saturated carbocycles. The maximum Gasteiger partial charge on any atom is 0.283 e. The standard InChI is InChI=1S/C11H13BrN2O2.ClH/c12-9-5-4-8(6-10(9)14(15)16)11(13)7-2-1-3-7;/h4-7,11H,1-3,13H2;1H/t11-;/m1./s1. The second-order valence-electron chi connectivity index (χ2n) is 4.18. The Bertz CT molecular complexity index is 424. The zero-order valence-electron chi connectivity index (χ0n) is 9.14. The zero-order chi connectivity index (χ0) is 11.7. The van der Waals surface area contributed by atoms with Crippen LogP contribution in [0.5, 0.6) is 0 Å². The third-order valence-corrected chi connectivity index (χ3v) is 3.88. The van der Waals surface area contributed by atoms with Crippen LogP contribution in [0.15, 0.2) is 22.7 Å². The Morgan fingerprint density at radius 3 is 2.59 bits per heavy atom. The minimum Gasteiger partial charge on any atom is -0.324 e. The molecule has 0 amide bonds. The number of nitro groups is 1. The molecule has 4 nitrogen and oxygen atoms in total. The zero-order valence-corrected chi connectivity index (χ0v) is 11.5. The summed E-state index contributed by atoms with van der Waals surface area (Å²) >= 11 is 3.17. The third kappa shape index (κ3) is 2.97. The molecule has 2 N–H and O–H groups in total. The first-order valence-corrected chi connectivity index (χ1v) is 6.08. The van der Waals surface area contributed by atoms with Gasteiger partial charge in [-0.25, -0.2) is 0 Å². The lowest BCUT2D eigenvalue weighted by atomic mass is 9.77. The molecule has 0 spiro atoms. The summed E-state index contributed by atoms with van der Waals surface area (Å²) in [7, 11) is 0. The molecule has 1 aromatic carbocycles. The number of halogens is 2. The van der Waals surface area contributed by atoms with Crippen molar-refractivity contribution in [3.05, 3.63) is 38.3 Å². The molecule has 0 aliphatic heterocycles. The average molecular weight is 322 g/mol. The van der Waals surface area contributed by atoms with E-state index >= 15 is 0 Å². The Morgan fingerprint density at radius 1 is 1.47 bits per heavy atom. The normalized spacial score (nSPS) is 16.8. The highest BCUT2D eigenvalue weighted by molar-refractivity contribution is 9.10. The molecule has 1 fully saturated rings. The van der Waals surface area contributed by atoms with Gasteiger partial charge in [0.15, 0.2) is 0 Å². The van der Waals surface area contributed by atoms with Crippen LogP contribution in [0.4, 0.5) is 5.69 Å². The Labute approximate surface area is 114 Å². The number of rotatable bonds is 3. The van der Waals surface area contributed by atoms with Crippen LogP contribution in [0.3, 0.4) is 0 Å². The van der Waals surface area contributed by atoms with Crippen molar-refractivity contribution < 1.29 is 4.92 Å². The smallest absolute Gasteiger partial charge is 0.283 e. The van der Waals surface area contributed by atoms with Gasteiger partial charge in [0.1, 0.15) is 0 Å². The largest absolute Gasteiger partial charge is 0.324 e. The molecule has 94 valence electrons. The molecule has 0 unspecified atom stereocenters. The predicted molar refractivity (Wildman–Crippen MR) is 72.3 cm³/mol. The van der Waals surface area contributed by atoms with Crippen molar-refractivity contribution in [1.82, 2.24) is 0 Å². The molecule has 0 saturated heterocycles. The number of hydrogen-bond donors (Lipinski definition) is 1. The summed E-state index contributed by atoms with van der Waals surface area (Å²) in [4.78, 5) is 10.4. The number of benzene rings is 1. The van der Waals surface area contributed by atoms with Gasteiger partial charge in [0.2, 0.25) is 0 Å². The van der Waals surface area contributed by atoms with Gasteiger partial charge in [-0.15, -0.1) is 12.4 Å². The Hall–Kier alpha value is -0.650. The highest BCUT2D eigenvalue weighted by atomic mass is 79.9. The second-order valence-corrected chi connectivity index (χ2v) is 5.04. The quantitative estimate of drug-likeness (QED) is 0.683. The van der Waals surface area contributed by atoms with E-state index in [-0.39, 0.29) is 29.1 Å². The minimum absolute atomic E-state index is 0. The molecule has 17 heavy (non-hydrogen) atoms. The van der Waals surface area contributed by atoms with Gasteiger partial charge in [0.05, 0.1) is 9.40 Å². The molecule has 0 heterocycles. The lowest BCUT2D eigenvalue weighted by Crippen LogP contribution is -2.26. The summed E-state index contributed by atoms with van der Waals surface area (Å²) in [6, 6.07) is 5.07. The monoisotopic (exact) mass is 320 g/mol. The fourth-order valence-electron chi connectivity index (χ4n) is 1.95. The molecular weight excluding hydrogens is 307 g/mol. The van der Waals surface area contributed by atoms with Crippen molar-refractivity contribution in [1.29, 1.82) is 0 Å². The van der Waals surface area contributed by atoms with Gasteiger partial charge in [-0.1, -0.05) is 12.5 Å². The third-order valence-electron chi connectivity index (χ3n) is 3.21. The van der Waals surface area contributed by atoms with E-state index in [1.165, 1.54) is 6.42 Å². The van der Waals surface area contributed by atoms with Crippen LogP contribution in [0.2, 0.25) is 0 Å². The fraction of sp³-hybridized carbons (Fsp3) is 0.455. The molecule has 6 heteroatoms. The Kier molecular flexibility index (Phi) is 4.91. The van der Waals surface area contributed by atoms with Crippen LogP contribution in [-0.4, -0.2) is 4.92 Å². The summed E-state index contributed by atoms with van der Waals surface area (Å²) in [6.45, 7) is 0. The van der Waals surface area contributed by atoms with E-state index in [1.807, 2.05) is 6.07 Å². The molecular formula is C11H14BrClN2O2. The first-order chi connectivity index (χ1) is 7.59. The van der Waals surface area contributed by atoms with Crippen molar-refractivity contribution in [3.8, 4) is 0 Å². The Balaban J connectivity index is 0.00000144. The highest BCUT2D eigenvalue weighted by Crippen LogP contribution is 2.38. The van der Waals surface area contributed by atoms with Gasteiger partial charge >= 0.3 is 0 Å². The van der Waals surface area contributed by atoms with Crippen LogP contribution in [0, 0.1) is 16.0 Å². The van der Waals surface area contributed by atoms with Crippen molar-refractivity contribution >= 4 is 34.0 Å². The summed E-state index contributed by atoms with van der Waals surface area (Å²) < 4.78 is 0.502. The Morgan fingerprint density at radius 2 is 2.12 bits per heavy atom. The second kappa shape index (κ2) is 5.80. The first-order valence-electron chi connectivity index (χ1n) is 5.29. The van der Waals surface area contributed by atoms with E-state index in [9.17, 15) is 10.1 Å². The van der Waals surface area contributed by atoms with Gasteiger partial charge < -0.3 is 5.73 Å². The topological polar surface area (TPSA) is 69.2 Å². The first kappa shape index (κ1) is 14.4. The lowest BCUT2D eigenvalue weighted by Gasteiger charge is -2.31. The van der Waals surface area contributed by atoms with Crippen molar-refractivity contribution in [2.24, 2.45) is 11.7 Å². The van der Waals surface area contributed by atoms with Gasteiger partial charge in [-0.2, -0.15) is 0 Å². The molecule has 0 radical (unpaired) electrons. The molecule has 1 atom stereocenters. The van der Waals surface area contributed by atoms with E-state index in [2.05, 4.69) is 15.9 Å². The van der Waals surface area contributed by atoms with E-state index in [4.69, 9.17) is 5.73 Å². The van der Waals surface area contributed by atoms with Gasteiger partial charge in [-0.3, -0.25) is 10.1 Å². The fourth-order valence-corrected chi connectivity index (χ4v) is 2.34. The van der Waals surface area contributed by atoms with Crippen LogP contribution in [0.1, 0.15) is 30.9 Å².